The van der Waals surface area contributed by atoms with Crippen LogP contribution in [0.5, 0.6) is 0 Å². The summed E-state index contributed by atoms with van der Waals surface area (Å²) >= 11 is 0. The van der Waals surface area contributed by atoms with Gasteiger partial charge in [0.05, 0.1) is 30.5 Å². The Morgan fingerprint density at radius 3 is 2.52 bits per heavy atom. The summed E-state index contributed by atoms with van der Waals surface area (Å²) in [6.45, 7) is 3.91. The van der Waals surface area contributed by atoms with Crippen LogP contribution >= 0.6 is 0 Å². The molecule has 1 aliphatic rings. The number of nitrogens with zero attached hydrogens (tertiary/aromatic N) is 1. The number of nitrogens with one attached hydrogen (secondary N) is 2. The third-order valence-corrected chi connectivity index (χ3v) is 6.43. The number of carbonyl (C=O) groups excluding carboxylic acids is 2. The van der Waals surface area contributed by atoms with Crippen LogP contribution in [0.3, 0.4) is 0 Å². The van der Waals surface area contributed by atoms with Crippen molar-refractivity contribution in [3.05, 3.63) is 24.3 Å². The van der Waals surface area contributed by atoms with Crippen molar-refractivity contribution >= 4 is 27.6 Å². The molecule has 1 aromatic rings. The fourth-order valence-corrected chi connectivity index (χ4v) is 4.02. The maximum Gasteiger partial charge on any atom is 0.309 e. The number of esters is 1. The van der Waals surface area contributed by atoms with Crippen LogP contribution in [0.15, 0.2) is 29.2 Å². The number of anilines is 1. The average Bonchev–Trinajstić information content (AvgIpc) is 2.62. The minimum Gasteiger partial charge on any atom is -0.466 e. The molecule has 0 atom stereocenters. The zero-order valence-corrected chi connectivity index (χ0v) is 16.8. The molecule has 0 bridgehead atoms. The number of piperidine rings is 1. The van der Waals surface area contributed by atoms with Gasteiger partial charge >= 0.3 is 5.97 Å². The highest BCUT2D eigenvalue weighted by Crippen LogP contribution is 2.18. The Kier molecular flexibility index (Phi) is 7.34. The molecule has 9 heteroatoms. The van der Waals surface area contributed by atoms with Gasteiger partial charge in [-0.25, -0.2) is 12.7 Å². The standard InChI is InChI=1S/C18H27N3O5S/c1-4-26-18(23)14-8-10-21(11-9-14)13-17(22)19-15-6-5-7-16(12-15)27(24,25)20(2)3/h5-7,12,14H,4,8-11,13H2,1-3H3,(H,19,22)/p+1. The van der Waals surface area contributed by atoms with Crippen LogP contribution in [-0.2, 0) is 24.3 Å². The van der Waals surface area contributed by atoms with E-state index in [1.807, 2.05) is 0 Å². The van der Waals surface area contributed by atoms with Crippen molar-refractivity contribution in [2.45, 2.75) is 24.7 Å². The van der Waals surface area contributed by atoms with Gasteiger partial charge < -0.3 is 15.0 Å². The Labute approximate surface area is 160 Å². The number of hydrogen-bond donors (Lipinski definition) is 2. The largest absolute Gasteiger partial charge is 0.466 e. The van der Waals surface area contributed by atoms with E-state index in [2.05, 4.69) is 5.32 Å². The molecule has 0 unspecified atom stereocenters. The van der Waals surface area contributed by atoms with Gasteiger partial charge in [-0.05, 0) is 25.1 Å². The third kappa shape index (κ3) is 5.75. The van der Waals surface area contributed by atoms with Crippen molar-refractivity contribution in [1.82, 2.24) is 4.31 Å². The fraction of sp³-hybridized carbons (Fsp3) is 0.556. The highest BCUT2D eigenvalue weighted by molar-refractivity contribution is 7.89. The molecule has 2 rings (SSSR count). The van der Waals surface area contributed by atoms with Gasteiger partial charge in [0.2, 0.25) is 10.0 Å². The zero-order valence-electron chi connectivity index (χ0n) is 16.0. The van der Waals surface area contributed by atoms with E-state index in [0.29, 0.717) is 25.1 Å². The van der Waals surface area contributed by atoms with E-state index < -0.39 is 10.0 Å². The van der Waals surface area contributed by atoms with Gasteiger partial charge in [-0.2, -0.15) is 0 Å². The number of likely N-dealkylation sites (tertiary alicyclic amines) is 1. The van der Waals surface area contributed by atoms with Gasteiger partial charge in [0, 0.05) is 32.6 Å². The summed E-state index contributed by atoms with van der Waals surface area (Å²) in [5.74, 6) is -0.413. The predicted molar refractivity (Wildman–Crippen MR) is 101 cm³/mol. The number of hydrogen-bond acceptors (Lipinski definition) is 5. The number of benzene rings is 1. The van der Waals surface area contributed by atoms with Gasteiger partial charge in [0.15, 0.2) is 6.54 Å². The summed E-state index contributed by atoms with van der Waals surface area (Å²) in [5, 5.41) is 2.76. The maximum absolute atomic E-state index is 12.3. The van der Waals surface area contributed by atoms with Crippen LogP contribution in [0.25, 0.3) is 0 Å². The molecular formula is C18H28N3O5S+. The topological polar surface area (TPSA) is 97.2 Å². The predicted octanol–water partition coefficient (Wildman–Crippen LogP) is -0.267. The Hall–Kier alpha value is -1.97. The molecule has 0 spiro atoms. The number of quaternary nitrogens is 1. The molecule has 0 radical (unpaired) electrons. The van der Waals surface area contributed by atoms with Gasteiger partial charge in [0.25, 0.3) is 5.91 Å². The van der Waals surface area contributed by atoms with Crippen molar-refractivity contribution in [3.8, 4) is 0 Å². The first-order chi connectivity index (χ1) is 12.7. The maximum atomic E-state index is 12.3. The van der Waals surface area contributed by atoms with Crippen molar-refractivity contribution < 1.29 is 27.6 Å². The SMILES string of the molecule is CCOC(=O)C1CC[NH+](CC(=O)Nc2cccc(S(=O)(=O)N(C)C)c2)CC1. The van der Waals surface area contributed by atoms with Crippen molar-refractivity contribution in [1.29, 1.82) is 0 Å². The van der Waals surface area contributed by atoms with E-state index in [0.717, 1.165) is 22.3 Å². The second kappa shape index (κ2) is 9.29. The highest BCUT2D eigenvalue weighted by Gasteiger charge is 2.29. The first-order valence-corrected chi connectivity index (χ1v) is 10.5. The molecule has 0 saturated carbocycles. The normalized spacial score (nSPS) is 20.3. The van der Waals surface area contributed by atoms with E-state index in [4.69, 9.17) is 4.74 Å². The molecule has 1 aliphatic heterocycles. The zero-order chi connectivity index (χ0) is 20.0. The van der Waals surface area contributed by atoms with Gasteiger partial charge in [-0.15, -0.1) is 0 Å². The first kappa shape index (κ1) is 21.3. The molecule has 1 fully saturated rings. The van der Waals surface area contributed by atoms with Crippen LogP contribution in [0.1, 0.15) is 19.8 Å². The number of carbonyl (C=O) groups is 2. The molecule has 1 aromatic carbocycles. The van der Waals surface area contributed by atoms with Gasteiger partial charge in [-0.1, -0.05) is 6.07 Å². The van der Waals surface area contributed by atoms with Crippen LogP contribution < -0.4 is 10.2 Å². The Bertz CT molecular complexity index is 771. The molecule has 0 aliphatic carbocycles. The first-order valence-electron chi connectivity index (χ1n) is 9.06. The number of ether oxygens (including phenoxy) is 1. The quantitative estimate of drug-likeness (QED) is 0.617. The van der Waals surface area contributed by atoms with Gasteiger partial charge in [-0.3, -0.25) is 9.59 Å². The Morgan fingerprint density at radius 2 is 1.93 bits per heavy atom. The second-order valence-corrected chi connectivity index (χ2v) is 8.97. The van der Waals surface area contributed by atoms with E-state index >= 15 is 0 Å². The summed E-state index contributed by atoms with van der Waals surface area (Å²) in [4.78, 5) is 25.3. The molecular weight excluding hydrogens is 370 g/mol. The summed E-state index contributed by atoms with van der Waals surface area (Å²) in [7, 11) is -0.624. The van der Waals surface area contributed by atoms with Crippen molar-refractivity contribution in [2.75, 3.05) is 45.7 Å². The lowest BCUT2D eigenvalue weighted by molar-refractivity contribution is -0.897. The van der Waals surface area contributed by atoms with Crippen molar-refractivity contribution in [3.63, 3.8) is 0 Å². The minimum absolute atomic E-state index is 0.0790. The molecule has 8 nitrogen and oxygen atoms in total. The van der Waals surface area contributed by atoms with E-state index in [9.17, 15) is 18.0 Å². The smallest absolute Gasteiger partial charge is 0.309 e. The summed E-state index contributed by atoms with van der Waals surface area (Å²) in [5.41, 5.74) is 0.448. The molecule has 1 amide bonds. The summed E-state index contributed by atoms with van der Waals surface area (Å²) in [6, 6.07) is 6.21. The van der Waals surface area contributed by atoms with Crippen LogP contribution in [-0.4, -0.2) is 64.9 Å². The molecule has 150 valence electrons. The summed E-state index contributed by atoms with van der Waals surface area (Å²) in [6.07, 6.45) is 1.41. The van der Waals surface area contributed by atoms with Crippen molar-refractivity contribution in [2.24, 2.45) is 5.92 Å². The Balaban J connectivity index is 1.89. The van der Waals surface area contributed by atoms with E-state index in [1.54, 1.807) is 19.1 Å². The lowest BCUT2D eigenvalue weighted by Gasteiger charge is -2.27. The number of rotatable bonds is 7. The molecule has 2 N–H and O–H groups in total. The molecule has 1 saturated heterocycles. The van der Waals surface area contributed by atoms with Crippen LogP contribution in [0.2, 0.25) is 0 Å². The Morgan fingerprint density at radius 1 is 1.26 bits per heavy atom. The molecule has 0 aromatic heterocycles. The molecule has 27 heavy (non-hydrogen) atoms. The number of amides is 1. The van der Waals surface area contributed by atoms with Gasteiger partial charge in [0.1, 0.15) is 0 Å². The van der Waals surface area contributed by atoms with E-state index in [-0.39, 0.29) is 29.2 Å². The number of sulfonamides is 1. The van der Waals surface area contributed by atoms with E-state index in [1.165, 1.54) is 26.2 Å². The van der Waals surface area contributed by atoms with Crippen LogP contribution in [0, 0.1) is 5.92 Å². The lowest BCUT2D eigenvalue weighted by Crippen LogP contribution is -3.14. The highest BCUT2D eigenvalue weighted by atomic mass is 32.2. The minimum atomic E-state index is -3.55. The second-order valence-electron chi connectivity index (χ2n) is 6.82. The summed E-state index contributed by atoms with van der Waals surface area (Å²) < 4.78 is 30.6. The van der Waals surface area contributed by atoms with Crippen LogP contribution in [0.4, 0.5) is 5.69 Å². The molecule has 1 heterocycles. The third-order valence-electron chi connectivity index (χ3n) is 4.62. The fourth-order valence-electron chi connectivity index (χ4n) is 3.08. The lowest BCUT2D eigenvalue weighted by atomic mass is 9.97. The average molecular weight is 399 g/mol. The monoisotopic (exact) mass is 398 g/mol.